The van der Waals surface area contributed by atoms with Crippen LogP contribution in [0.1, 0.15) is 17.2 Å². The molecular weight excluding hydrogens is 512 g/mol. The molecule has 5 aromatic carbocycles. The second kappa shape index (κ2) is 11.3. The molecule has 1 atom stereocenters. The largest absolute Gasteiger partial charge is 0.331 e. The van der Waals surface area contributed by atoms with Crippen molar-refractivity contribution in [3.8, 4) is 0 Å². The Morgan fingerprint density at radius 2 is 1.12 bits per heavy atom. The highest BCUT2D eigenvalue weighted by atomic mass is 15.2. The molecule has 1 unspecified atom stereocenters. The van der Waals surface area contributed by atoms with E-state index in [0.717, 1.165) is 46.5 Å². The number of hydrogen-bond donors (Lipinski definition) is 0. The van der Waals surface area contributed by atoms with Gasteiger partial charge in [-0.05, 0) is 96.9 Å². The third-order valence-corrected chi connectivity index (χ3v) is 7.83. The van der Waals surface area contributed by atoms with Crippen LogP contribution in [0.3, 0.4) is 0 Å². The van der Waals surface area contributed by atoms with Gasteiger partial charge in [0.2, 0.25) is 0 Å². The van der Waals surface area contributed by atoms with Gasteiger partial charge in [0.15, 0.2) is 0 Å². The molecule has 42 heavy (non-hydrogen) atoms. The average Bonchev–Trinajstić information content (AvgIpc) is 3.49. The molecule has 4 nitrogen and oxygen atoms in total. The van der Waals surface area contributed by atoms with Gasteiger partial charge < -0.3 is 14.7 Å². The van der Waals surface area contributed by atoms with E-state index in [1.807, 2.05) is 6.08 Å². The molecule has 7 rings (SSSR count). The summed E-state index contributed by atoms with van der Waals surface area (Å²) in [6.07, 6.45) is 8.31. The molecule has 5 aromatic rings. The zero-order valence-electron chi connectivity index (χ0n) is 23.6. The lowest BCUT2D eigenvalue weighted by Gasteiger charge is -2.29. The predicted octanol–water partition coefficient (Wildman–Crippen LogP) is 9.77. The Morgan fingerprint density at radius 3 is 1.67 bits per heavy atom. The molecule has 0 N–H and O–H groups in total. The molecule has 2 aliphatic heterocycles. The number of fused-ring (bicyclic) bond motifs is 1. The van der Waals surface area contributed by atoms with E-state index in [-0.39, 0.29) is 6.04 Å². The average molecular weight is 545 g/mol. The summed E-state index contributed by atoms with van der Waals surface area (Å²) < 4.78 is 0. The summed E-state index contributed by atoms with van der Waals surface area (Å²) in [5.74, 6) is 1.04. The van der Waals surface area contributed by atoms with Gasteiger partial charge in [0.1, 0.15) is 5.84 Å². The van der Waals surface area contributed by atoms with Gasteiger partial charge in [-0.15, -0.1) is 0 Å². The molecule has 0 saturated heterocycles. The quantitative estimate of drug-likeness (QED) is 0.204. The number of nitrogens with zero attached hydrogens (tertiary/aromatic N) is 4. The van der Waals surface area contributed by atoms with Gasteiger partial charge in [-0.3, -0.25) is 4.99 Å². The smallest absolute Gasteiger partial charge is 0.128 e. The molecule has 0 aliphatic carbocycles. The molecule has 0 radical (unpaired) electrons. The number of amidine groups is 1. The zero-order chi connectivity index (χ0) is 28.3. The van der Waals surface area contributed by atoms with Crippen LogP contribution in [-0.4, -0.2) is 17.3 Å². The number of allylic oxidation sites excluding steroid dienone is 2. The van der Waals surface area contributed by atoms with Gasteiger partial charge in [0, 0.05) is 40.3 Å². The molecule has 0 amide bonds. The maximum Gasteiger partial charge on any atom is 0.128 e. The van der Waals surface area contributed by atoms with Crippen LogP contribution in [0.25, 0.3) is 0 Å². The fraction of sp³-hybridized carbons (Fsp3) is 0.0789. The van der Waals surface area contributed by atoms with Crippen LogP contribution in [0.5, 0.6) is 0 Å². The first kappa shape index (κ1) is 25.6. The summed E-state index contributed by atoms with van der Waals surface area (Å²) in [6, 6.07) is 47.4. The number of para-hydroxylation sites is 3. The zero-order valence-corrected chi connectivity index (χ0v) is 23.6. The SMILES string of the molecule is Cc1cc(C2CN3C=CC=CC3=N2)ccc1N(c1ccccc1)c1ccc(N(c2ccccc2)c2ccccc2)cc1. The van der Waals surface area contributed by atoms with Crippen LogP contribution in [0, 0.1) is 6.92 Å². The van der Waals surface area contributed by atoms with Crippen molar-refractivity contribution in [2.75, 3.05) is 16.3 Å². The molecule has 0 aromatic heterocycles. The molecular formula is C38H32N4. The van der Waals surface area contributed by atoms with Gasteiger partial charge in [0.25, 0.3) is 0 Å². The van der Waals surface area contributed by atoms with Crippen LogP contribution in [0.2, 0.25) is 0 Å². The van der Waals surface area contributed by atoms with Crippen LogP contribution < -0.4 is 9.80 Å². The second-order valence-corrected chi connectivity index (χ2v) is 10.6. The van der Waals surface area contributed by atoms with Crippen LogP contribution in [-0.2, 0) is 0 Å². The van der Waals surface area contributed by atoms with E-state index < -0.39 is 0 Å². The fourth-order valence-electron chi connectivity index (χ4n) is 5.80. The maximum atomic E-state index is 4.97. The highest BCUT2D eigenvalue weighted by Crippen LogP contribution is 2.40. The standard InChI is InChI=1S/C38H32N4/c1-29-27-30(36-28-40-26-12-11-19-38(40)39-36)20-25-37(29)42(33-17-9-4-10-18-33)35-23-21-34(22-24-35)41(31-13-5-2-6-14-31)32-15-7-3-8-16-32/h2-27,36H,28H2,1H3. The Hall–Kier alpha value is -5.35. The molecule has 4 heteroatoms. The molecule has 0 spiro atoms. The summed E-state index contributed by atoms with van der Waals surface area (Å²) >= 11 is 0. The van der Waals surface area contributed by atoms with Gasteiger partial charge in [0.05, 0.1) is 12.6 Å². The Bertz CT molecular complexity index is 1720. The van der Waals surface area contributed by atoms with E-state index >= 15 is 0 Å². The van der Waals surface area contributed by atoms with Crippen molar-refractivity contribution in [3.63, 3.8) is 0 Å². The van der Waals surface area contributed by atoms with Gasteiger partial charge in [-0.1, -0.05) is 72.8 Å². The van der Waals surface area contributed by atoms with Crippen LogP contribution in [0.4, 0.5) is 34.1 Å². The lowest BCUT2D eigenvalue weighted by Crippen LogP contribution is -2.21. The Morgan fingerprint density at radius 1 is 0.595 bits per heavy atom. The second-order valence-electron chi connectivity index (χ2n) is 10.6. The van der Waals surface area contributed by atoms with Crippen molar-refractivity contribution in [2.45, 2.75) is 13.0 Å². The number of benzene rings is 5. The van der Waals surface area contributed by atoms with Crippen molar-refractivity contribution in [1.82, 2.24) is 4.90 Å². The third-order valence-electron chi connectivity index (χ3n) is 7.83. The normalized spacial score (nSPS) is 15.3. The van der Waals surface area contributed by atoms with Crippen molar-refractivity contribution < 1.29 is 0 Å². The maximum absolute atomic E-state index is 4.97. The lowest BCUT2D eigenvalue weighted by atomic mass is 10.0. The number of rotatable bonds is 7. The van der Waals surface area contributed by atoms with Gasteiger partial charge in [-0.25, -0.2) is 0 Å². The van der Waals surface area contributed by atoms with Crippen molar-refractivity contribution in [2.24, 2.45) is 4.99 Å². The number of anilines is 6. The first-order valence-electron chi connectivity index (χ1n) is 14.4. The number of aliphatic imine (C=N–C) groups is 1. The molecule has 2 heterocycles. The minimum Gasteiger partial charge on any atom is -0.331 e. The molecule has 0 bridgehead atoms. The topological polar surface area (TPSA) is 22.1 Å². The van der Waals surface area contributed by atoms with Crippen molar-refractivity contribution in [3.05, 3.63) is 169 Å². The third kappa shape index (κ3) is 4.99. The molecule has 204 valence electrons. The van der Waals surface area contributed by atoms with E-state index in [0.29, 0.717) is 0 Å². The van der Waals surface area contributed by atoms with Gasteiger partial charge >= 0.3 is 0 Å². The fourth-order valence-corrected chi connectivity index (χ4v) is 5.80. The molecule has 2 aliphatic rings. The van der Waals surface area contributed by atoms with E-state index in [9.17, 15) is 0 Å². The molecule has 0 saturated carbocycles. The molecule has 0 fully saturated rings. The minimum atomic E-state index is 0.131. The van der Waals surface area contributed by atoms with E-state index in [2.05, 4.69) is 173 Å². The summed E-state index contributed by atoms with van der Waals surface area (Å²) in [5.41, 5.74) is 9.20. The Balaban J connectivity index is 1.25. The van der Waals surface area contributed by atoms with Crippen molar-refractivity contribution >= 4 is 40.0 Å². The monoisotopic (exact) mass is 544 g/mol. The van der Waals surface area contributed by atoms with Crippen LogP contribution in [0.15, 0.2) is 163 Å². The Kier molecular flexibility index (Phi) is 6.87. The lowest BCUT2D eigenvalue weighted by molar-refractivity contribution is 0.550. The van der Waals surface area contributed by atoms with Gasteiger partial charge in [-0.2, -0.15) is 0 Å². The van der Waals surface area contributed by atoms with Crippen LogP contribution >= 0.6 is 0 Å². The highest BCUT2D eigenvalue weighted by molar-refractivity contribution is 5.96. The van der Waals surface area contributed by atoms with E-state index in [1.165, 1.54) is 11.1 Å². The first-order valence-corrected chi connectivity index (χ1v) is 14.4. The summed E-state index contributed by atoms with van der Waals surface area (Å²) in [7, 11) is 0. The number of aryl methyl sites for hydroxylation is 1. The van der Waals surface area contributed by atoms with Crippen molar-refractivity contribution in [1.29, 1.82) is 0 Å². The highest BCUT2D eigenvalue weighted by Gasteiger charge is 2.25. The first-order chi connectivity index (χ1) is 20.7. The van der Waals surface area contributed by atoms with E-state index in [1.54, 1.807) is 0 Å². The van der Waals surface area contributed by atoms with E-state index in [4.69, 9.17) is 4.99 Å². The Labute approximate surface area is 247 Å². The summed E-state index contributed by atoms with van der Waals surface area (Å²) in [6.45, 7) is 3.07. The number of hydrogen-bond acceptors (Lipinski definition) is 4. The summed E-state index contributed by atoms with van der Waals surface area (Å²) in [4.78, 5) is 11.8. The minimum absolute atomic E-state index is 0.131. The summed E-state index contributed by atoms with van der Waals surface area (Å²) in [5, 5.41) is 0. The predicted molar refractivity (Wildman–Crippen MR) is 176 cm³/mol.